The minimum Gasteiger partial charge on any atom is -0.459 e. The normalized spacial score (nSPS) is 18.5. The highest BCUT2D eigenvalue weighted by Crippen LogP contribution is 2.09. The molecule has 0 bridgehead atoms. The second kappa shape index (κ2) is 5.81. The molecular formula is C7H12O7S. The summed E-state index contributed by atoms with van der Waals surface area (Å²) < 4.78 is 41.2. The van der Waals surface area contributed by atoms with E-state index in [-0.39, 0.29) is 12.1 Å². The molecule has 1 unspecified atom stereocenters. The quantitative estimate of drug-likeness (QED) is 0.305. The Hall–Kier alpha value is -0.960. The van der Waals surface area contributed by atoms with Crippen LogP contribution < -0.4 is 0 Å². The molecule has 0 aromatic rings. The standard InChI is InChI=1S/C7H10O3.H2O4S/c1-5(2)7(8)10-4-6-3-9-6;1-5(2,3)4/h6H,1,3-4H2,2H3;(H2,1,2,3,4). The molecule has 1 heterocycles. The number of hydrogen-bond donors (Lipinski definition) is 2. The fourth-order valence-electron chi connectivity index (χ4n) is 0.456. The van der Waals surface area contributed by atoms with Crippen molar-refractivity contribution in [2.24, 2.45) is 0 Å². The zero-order valence-electron chi connectivity index (χ0n) is 8.04. The zero-order valence-corrected chi connectivity index (χ0v) is 8.86. The minimum absolute atomic E-state index is 0.142. The Bertz CT molecular complexity index is 319. The molecule has 1 aliphatic rings. The minimum atomic E-state index is -4.67. The van der Waals surface area contributed by atoms with Crippen molar-refractivity contribution in [3.8, 4) is 0 Å². The highest BCUT2D eigenvalue weighted by atomic mass is 32.3. The number of epoxide rings is 1. The first-order valence-electron chi connectivity index (χ1n) is 3.84. The van der Waals surface area contributed by atoms with Crippen LogP contribution in [0.5, 0.6) is 0 Å². The Balaban J connectivity index is 0.000000336. The van der Waals surface area contributed by atoms with E-state index in [1.165, 1.54) is 0 Å². The van der Waals surface area contributed by atoms with Crippen LogP contribution in [0, 0.1) is 0 Å². The van der Waals surface area contributed by atoms with E-state index < -0.39 is 10.4 Å². The molecule has 0 aromatic carbocycles. The van der Waals surface area contributed by atoms with E-state index >= 15 is 0 Å². The third-order valence-corrected chi connectivity index (χ3v) is 1.15. The molecule has 1 fully saturated rings. The number of esters is 1. The summed E-state index contributed by atoms with van der Waals surface area (Å²) in [7, 11) is -4.67. The molecule has 7 nitrogen and oxygen atoms in total. The molecule has 0 aliphatic carbocycles. The van der Waals surface area contributed by atoms with Gasteiger partial charge in [0.1, 0.15) is 12.7 Å². The van der Waals surface area contributed by atoms with Crippen molar-refractivity contribution >= 4 is 16.4 Å². The van der Waals surface area contributed by atoms with Gasteiger partial charge in [-0.25, -0.2) is 4.79 Å². The second-order valence-electron chi connectivity index (χ2n) is 2.78. The van der Waals surface area contributed by atoms with Gasteiger partial charge in [-0.1, -0.05) is 6.58 Å². The molecule has 15 heavy (non-hydrogen) atoms. The van der Waals surface area contributed by atoms with Crippen molar-refractivity contribution in [1.82, 2.24) is 0 Å². The molecular weight excluding hydrogens is 228 g/mol. The number of carbonyl (C=O) groups is 1. The summed E-state index contributed by atoms with van der Waals surface area (Å²) in [5, 5.41) is 0. The first kappa shape index (κ1) is 14.0. The van der Waals surface area contributed by atoms with Gasteiger partial charge in [0.2, 0.25) is 0 Å². The third-order valence-electron chi connectivity index (χ3n) is 1.15. The first-order valence-corrected chi connectivity index (χ1v) is 5.24. The van der Waals surface area contributed by atoms with Crippen LogP contribution in [-0.2, 0) is 24.7 Å². The van der Waals surface area contributed by atoms with Crippen LogP contribution in [0.1, 0.15) is 6.92 Å². The van der Waals surface area contributed by atoms with E-state index in [4.69, 9.17) is 27.0 Å². The van der Waals surface area contributed by atoms with Gasteiger partial charge in [-0.3, -0.25) is 9.11 Å². The third kappa shape index (κ3) is 13.0. The van der Waals surface area contributed by atoms with Crippen molar-refractivity contribution in [3.05, 3.63) is 12.2 Å². The van der Waals surface area contributed by atoms with Crippen molar-refractivity contribution in [2.75, 3.05) is 13.2 Å². The zero-order chi connectivity index (χ0) is 12.1. The molecule has 0 spiro atoms. The van der Waals surface area contributed by atoms with Gasteiger partial charge in [0.05, 0.1) is 6.61 Å². The van der Waals surface area contributed by atoms with Gasteiger partial charge in [-0.15, -0.1) is 0 Å². The SMILES string of the molecule is C=C(C)C(=O)OCC1CO1.O=S(=O)(O)O. The summed E-state index contributed by atoms with van der Waals surface area (Å²) in [5.74, 6) is -0.337. The van der Waals surface area contributed by atoms with Crippen LogP contribution >= 0.6 is 0 Å². The van der Waals surface area contributed by atoms with Crippen LogP contribution in [0.3, 0.4) is 0 Å². The Morgan fingerprint density at radius 1 is 1.60 bits per heavy atom. The molecule has 1 atom stereocenters. The maximum absolute atomic E-state index is 10.7. The Morgan fingerprint density at radius 3 is 2.27 bits per heavy atom. The van der Waals surface area contributed by atoms with Crippen molar-refractivity contribution < 1.29 is 31.8 Å². The lowest BCUT2D eigenvalue weighted by atomic mass is 10.4. The predicted octanol–water partition coefficient (Wildman–Crippen LogP) is -0.148. The summed E-state index contributed by atoms with van der Waals surface area (Å²) in [6, 6.07) is 0. The Labute approximate surface area is 87.3 Å². The highest BCUT2D eigenvalue weighted by Gasteiger charge is 2.24. The van der Waals surface area contributed by atoms with Crippen LogP contribution in [-0.4, -0.2) is 42.8 Å². The van der Waals surface area contributed by atoms with Crippen LogP contribution in [0.2, 0.25) is 0 Å². The maximum Gasteiger partial charge on any atom is 0.394 e. The summed E-state index contributed by atoms with van der Waals surface area (Å²) in [4.78, 5) is 10.7. The van der Waals surface area contributed by atoms with E-state index in [0.717, 1.165) is 0 Å². The Morgan fingerprint density at radius 2 is 2.00 bits per heavy atom. The largest absolute Gasteiger partial charge is 0.459 e. The summed E-state index contributed by atoms with van der Waals surface area (Å²) in [6.45, 7) is 6.14. The number of rotatable bonds is 3. The fraction of sp³-hybridized carbons (Fsp3) is 0.571. The maximum atomic E-state index is 10.7. The van der Waals surface area contributed by atoms with Gasteiger partial charge in [0, 0.05) is 5.57 Å². The molecule has 0 amide bonds. The molecule has 1 saturated heterocycles. The van der Waals surface area contributed by atoms with Gasteiger partial charge in [-0.05, 0) is 6.92 Å². The van der Waals surface area contributed by atoms with E-state index in [1.807, 2.05) is 0 Å². The number of ether oxygens (including phenoxy) is 2. The Kier molecular flexibility index (Phi) is 5.44. The lowest BCUT2D eigenvalue weighted by molar-refractivity contribution is -0.139. The molecule has 0 saturated carbocycles. The molecule has 2 N–H and O–H groups in total. The lowest BCUT2D eigenvalue weighted by Gasteiger charge is -1.99. The van der Waals surface area contributed by atoms with E-state index in [0.29, 0.717) is 18.8 Å². The monoisotopic (exact) mass is 240 g/mol. The summed E-state index contributed by atoms with van der Waals surface area (Å²) in [5.41, 5.74) is 0.431. The molecule has 1 rings (SSSR count). The topological polar surface area (TPSA) is 113 Å². The number of carbonyl (C=O) groups excluding carboxylic acids is 1. The summed E-state index contributed by atoms with van der Waals surface area (Å²) >= 11 is 0. The fourth-order valence-corrected chi connectivity index (χ4v) is 0.456. The first-order chi connectivity index (χ1) is 6.70. The highest BCUT2D eigenvalue weighted by molar-refractivity contribution is 7.79. The molecule has 1 aliphatic heterocycles. The van der Waals surface area contributed by atoms with Crippen LogP contribution in [0.25, 0.3) is 0 Å². The van der Waals surface area contributed by atoms with Gasteiger partial charge < -0.3 is 9.47 Å². The average Bonchev–Trinajstić information content (AvgIpc) is 2.79. The van der Waals surface area contributed by atoms with E-state index in [9.17, 15) is 4.79 Å². The summed E-state index contributed by atoms with van der Waals surface area (Å²) in [6.07, 6.45) is 0.142. The number of hydrogen-bond acceptors (Lipinski definition) is 5. The predicted molar refractivity (Wildman–Crippen MR) is 49.7 cm³/mol. The molecule has 0 radical (unpaired) electrons. The molecule has 8 heteroatoms. The van der Waals surface area contributed by atoms with E-state index in [2.05, 4.69) is 6.58 Å². The van der Waals surface area contributed by atoms with Gasteiger partial charge in [-0.2, -0.15) is 8.42 Å². The molecule has 0 aromatic heterocycles. The van der Waals surface area contributed by atoms with Crippen LogP contribution in [0.15, 0.2) is 12.2 Å². The van der Waals surface area contributed by atoms with E-state index in [1.54, 1.807) is 6.92 Å². The van der Waals surface area contributed by atoms with Crippen molar-refractivity contribution in [3.63, 3.8) is 0 Å². The van der Waals surface area contributed by atoms with Gasteiger partial charge >= 0.3 is 16.4 Å². The second-order valence-corrected chi connectivity index (χ2v) is 3.68. The average molecular weight is 240 g/mol. The lowest BCUT2D eigenvalue weighted by Crippen LogP contribution is -2.09. The smallest absolute Gasteiger partial charge is 0.394 e. The van der Waals surface area contributed by atoms with Crippen LogP contribution in [0.4, 0.5) is 0 Å². The van der Waals surface area contributed by atoms with Crippen molar-refractivity contribution in [2.45, 2.75) is 13.0 Å². The molecule has 88 valence electrons. The van der Waals surface area contributed by atoms with Crippen molar-refractivity contribution in [1.29, 1.82) is 0 Å². The van der Waals surface area contributed by atoms with Gasteiger partial charge in [0.15, 0.2) is 0 Å². The van der Waals surface area contributed by atoms with Gasteiger partial charge in [0.25, 0.3) is 0 Å².